The summed E-state index contributed by atoms with van der Waals surface area (Å²) in [6.45, 7) is 11.7. The quantitative estimate of drug-likeness (QED) is 0.0222. The highest BCUT2D eigenvalue weighted by Gasteiger charge is 2.30. The van der Waals surface area contributed by atoms with Gasteiger partial charge in [-0.2, -0.15) is 0 Å². The molecule has 0 rings (SSSR count). The van der Waals surface area contributed by atoms with E-state index in [1.165, 1.54) is 193 Å². The maximum absolute atomic E-state index is 13.1. The number of phosphoric ester groups is 2. The highest BCUT2D eigenvalue weighted by molar-refractivity contribution is 7.47. The van der Waals surface area contributed by atoms with Crippen LogP contribution in [-0.2, 0) is 65.4 Å². The number of carbonyl (C=O) groups excluding carboxylic acids is 4. The molecule has 0 bridgehead atoms. The van der Waals surface area contributed by atoms with Crippen LogP contribution < -0.4 is 0 Å². The van der Waals surface area contributed by atoms with Crippen LogP contribution in [0, 0.1) is 17.8 Å². The smallest absolute Gasteiger partial charge is 0.462 e. The minimum absolute atomic E-state index is 0.101. The third-order valence-electron chi connectivity index (χ3n) is 17.6. The van der Waals surface area contributed by atoms with E-state index in [1.54, 1.807) is 0 Å². The number of phosphoric acid groups is 2. The molecule has 0 heterocycles. The molecule has 0 aliphatic heterocycles. The molecule has 17 nitrogen and oxygen atoms in total. The van der Waals surface area contributed by atoms with Gasteiger partial charge in [0.1, 0.15) is 19.3 Å². The summed E-state index contributed by atoms with van der Waals surface area (Å²) in [6.07, 6.45) is 53.3. The number of hydrogen-bond donors (Lipinski definition) is 3. The van der Waals surface area contributed by atoms with Crippen molar-refractivity contribution in [2.45, 2.75) is 407 Å². The van der Waals surface area contributed by atoms with Crippen molar-refractivity contribution in [3.05, 3.63) is 0 Å². The van der Waals surface area contributed by atoms with E-state index in [0.717, 1.165) is 102 Å². The molecule has 0 radical (unpaired) electrons. The van der Waals surface area contributed by atoms with Crippen molar-refractivity contribution in [1.29, 1.82) is 0 Å². The van der Waals surface area contributed by atoms with Crippen LogP contribution in [-0.4, -0.2) is 96.7 Å². The van der Waals surface area contributed by atoms with Crippen molar-refractivity contribution in [2.75, 3.05) is 39.6 Å². The summed E-state index contributed by atoms with van der Waals surface area (Å²) in [5.41, 5.74) is 0. The average Bonchev–Trinajstić information content (AvgIpc) is 1.41. The van der Waals surface area contributed by atoms with Crippen LogP contribution in [0.2, 0.25) is 0 Å². The largest absolute Gasteiger partial charge is 0.472 e. The van der Waals surface area contributed by atoms with Crippen LogP contribution in [0.4, 0.5) is 0 Å². The van der Waals surface area contributed by atoms with Gasteiger partial charge in [-0.05, 0) is 43.4 Å². The number of ether oxygens (including phenoxy) is 4. The fourth-order valence-corrected chi connectivity index (χ4v) is 13.2. The lowest BCUT2D eigenvalue weighted by molar-refractivity contribution is -0.161. The second-order valence-corrected chi connectivity index (χ2v) is 31.7. The first-order valence-corrected chi connectivity index (χ1v) is 42.3. The zero-order chi connectivity index (χ0) is 70.1. The lowest BCUT2D eigenvalue weighted by Gasteiger charge is -2.21. The molecular weight excluding hydrogens is 1250 g/mol. The first-order chi connectivity index (χ1) is 45.7. The van der Waals surface area contributed by atoms with E-state index in [-0.39, 0.29) is 25.7 Å². The number of rotatable bonds is 74. The Bertz CT molecular complexity index is 1850. The molecule has 0 aromatic carbocycles. The molecule has 0 aliphatic rings. The molecule has 564 valence electrons. The van der Waals surface area contributed by atoms with Crippen molar-refractivity contribution < 1.29 is 80.2 Å². The third-order valence-corrected chi connectivity index (χ3v) is 19.5. The van der Waals surface area contributed by atoms with Gasteiger partial charge in [0.05, 0.1) is 26.4 Å². The Hall–Kier alpha value is -1.94. The van der Waals surface area contributed by atoms with Gasteiger partial charge in [-0.15, -0.1) is 0 Å². The van der Waals surface area contributed by atoms with Crippen LogP contribution in [0.1, 0.15) is 389 Å². The second kappa shape index (κ2) is 66.6. The molecular formula is C76H148O17P2. The van der Waals surface area contributed by atoms with Gasteiger partial charge in [-0.1, -0.05) is 337 Å². The van der Waals surface area contributed by atoms with Gasteiger partial charge in [0, 0.05) is 25.7 Å². The topological polar surface area (TPSA) is 237 Å². The number of carbonyl (C=O) groups is 4. The number of aliphatic hydroxyl groups excluding tert-OH is 1. The minimum atomic E-state index is -4.96. The summed E-state index contributed by atoms with van der Waals surface area (Å²) < 4.78 is 68.4. The predicted molar refractivity (Wildman–Crippen MR) is 386 cm³/mol. The zero-order valence-electron chi connectivity index (χ0n) is 62.1. The van der Waals surface area contributed by atoms with Crippen molar-refractivity contribution in [3.63, 3.8) is 0 Å². The van der Waals surface area contributed by atoms with E-state index in [2.05, 4.69) is 48.5 Å². The highest BCUT2D eigenvalue weighted by atomic mass is 31.2. The summed E-state index contributed by atoms with van der Waals surface area (Å²) >= 11 is 0. The van der Waals surface area contributed by atoms with Crippen LogP contribution >= 0.6 is 15.6 Å². The molecule has 0 aliphatic carbocycles. The van der Waals surface area contributed by atoms with Gasteiger partial charge < -0.3 is 33.8 Å². The molecule has 95 heavy (non-hydrogen) atoms. The standard InChI is InChI=1S/C76H148O17P2/c1-8-9-10-11-12-13-14-15-16-17-18-19-20-21-22-23-24-29-32-35-45-52-59-75(80)92-71(63-86-73(78)57-50-43-34-31-28-26-25-27-30-33-40-47-54-67(2)3)65-90-94(82,83)88-61-70(77)62-89-95(84,85)91-66-72(93-76(81)60-53-46-39-37-42-49-56-69(6)7)64-87-74(79)58-51-44-38-36-41-48-55-68(4)5/h67-72,77H,8-66H2,1-7H3,(H,82,83)(H,84,85)/t70-,71-,72-/m1/s1. The maximum Gasteiger partial charge on any atom is 0.472 e. The van der Waals surface area contributed by atoms with Gasteiger partial charge in [-0.25, -0.2) is 9.13 Å². The molecule has 0 aromatic rings. The molecule has 0 amide bonds. The third kappa shape index (κ3) is 70.3. The number of esters is 4. The van der Waals surface area contributed by atoms with Crippen molar-refractivity contribution >= 4 is 39.5 Å². The Balaban J connectivity index is 5.16. The number of unbranched alkanes of at least 4 members (excludes halogenated alkanes) is 42. The van der Waals surface area contributed by atoms with Gasteiger partial charge in [0.25, 0.3) is 0 Å². The Morgan fingerprint density at radius 3 is 0.716 bits per heavy atom. The monoisotopic (exact) mass is 1400 g/mol. The molecule has 0 fully saturated rings. The Morgan fingerprint density at radius 2 is 0.484 bits per heavy atom. The Morgan fingerprint density at radius 1 is 0.284 bits per heavy atom. The Kier molecular flexibility index (Phi) is 65.2. The van der Waals surface area contributed by atoms with Gasteiger partial charge >= 0.3 is 39.5 Å². The van der Waals surface area contributed by atoms with Crippen LogP contribution in [0.3, 0.4) is 0 Å². The zero-order valence-corrected chi connectivity index (χ0v) is 63.9. The first-order valence-electron chi connectivity index (χ1n) is 39.3. The van der Waals surface area contributed by atoms with Crippen LogP contribution in [0.25, 0.3) is 0 Å². The maximum atomic E-state index is 13.1. The van der Waals surface area contributed by atoms with E-state index < -0.39 is 97.5 Å². The van der Waals surface area contributed by atoms with Crippen molar-refractivity contribution in [3.8, 4) is 0 Å². The molecule has 3 N–H and O–H groups in total. The van der Waals surface area contributed by atoms with E-state index >= 15 is 0 Å². The van der Waals surface area contributed by atoms with Crippen molar-refractivity contribution in [2.24, 2.45) is 17.8 Å². The lowest BCUT2D eigenvalue weighted by Crippen LogP contribution is -2.30. The molecule has 0 spiro atoms. The van der Waals surface area contributed by atoms with Crippen molar-refractivity contribution in [1.82, 2.24) is 0 Å². The highest BCUT2D eigenvalue weighted by Crippen LogP contribution is 2.45. The second-order valence-electron chi connectivity index (χ2n) is 28.8. The fourth-order valence-electron chi connectivity index (χ4n) is 11.6. The summed E-state index contributed by atoms with van der Waals surface area (Å²) in [6, 6.07) is 0. The van der Waals surface area contributed by atoms with E-state index in [4.69, 9.17) is 37.0 Å². The van der Waals surface area contributed by atoms with E-state index in [9.17, 15) is 43.2 Å². The number of aliphatic hydroxyl groups is 1. The average molecular weight is 1400 g/mol. The summed E-state index contributed by atoms with van der Waals surface area (Å²) in [7, 11) is -9.91. The number of hydrogen-bond acceptors (Lipinski definition) is 15. The van der Waals surface area contributed by atoms with Gasteiger partial charge in [-0.3, -0.25) is 37.3 Å². The van der Waals surface area contributed by atoms with E-state index in [0.29, 0.717) is 37.5 Å². The molecule has 5 atom stereocenters. The predicted octanol–water partition coefficient (Wildman–Crippen LogP) is 22.2. The van der Waals surface area contributed by atoms with Gasteiger partial charge in [0.2, 0.25) is 0 Å². The molecule has 0 saturated heterocycles. The molecule has 0 saturated carbocycles. The lowest BCUT2D eigenvalue weighted by atomic mass is 10.0. The molecule has 0 aromatic heterocycles. The van der Waals surface area contributed by atoms with Crippen LogP contribution in [0.15, 0.2) is 0 Å². The van der Waals surface area contributed by atoms with Gasteiger partial charge in [0.15, 0.2) is 12.2 Å². The normalized spacial score (nSPS) is 14.1. The summed E-state index contributed by atoms with van der Waals surface area (Å²) in [5.74, 6) is 0.00339. The van der Waals surface area contributed by atoms with E-state index in [1.807, 2.05) is 0 Å². The summed E-state index contributed by atoms with van der Waals surface area (Å²) in [4.78, 5) is 72.6. The first kappa shape index (κ1) is 93.1. The molecule has 19 heteroatoms. The Labute approximate surface area is 581 Å². The minimum Gasteiger partial charge on any atom is -0.462 e. The SMILES string of the molecule is CCCCCCCCCCCCCCCCCCCCCCCCC(=O)O[C@H](COC(=O)CCCCCCCCCCCCCCC(C)C)COP(=O)(O)OC[C@@H](O)COP(=O)(O)OC[C@@H](COC(=O)CCCCCCCCC(C)C)OC(=O)CCCCCCCCC(C)C. The molecule has 2 unspecified atom stereocenters. The summed E-state index contributed by atoms with van der Waals surface area (Å²) in [5, 5.41) is 10.6. The fraction of sp³-hybridized carbons (Fsp3) is 0.947. The van der Waals surface area contributed by atoms with Crippen LogP contribution in [0.5, 0.6) is 0 Å².